The highest BCUT2D eigenvalue weighted by molar-refractivity contribution is 5.15. The number of aliphatic hydroxyl groups is 1. The van der Waals surface area contributed by atoms with Crippen LogP contribution in [0.15, 0.2) is 0 Å². The Morgan fingerprint density at radius 1 is 1.20 bits per heavy atom. The molecule has 0 unspecified atom stereocenters. The Kier molecular flexibility index (Phi) is 2.26. The fourth-order valence-electron chi connectivity index (χ4n) is 0.467. The molecule has 0 fully saturated rings. The molecule has 60 valence electrons. The van der Waals surface area contributed by atoms with Gasteiger partial charge in [-0.3, -0.25) is 0 Å². The van der Waals surface area contributed by atoms with Crippen LogP contribution in [0.25, 0.3) is 0 Å². The molecule has 0 saturated carbocycles. The van der Waals surface area contributed by atoms with Gasteiger partial charge in [-0.1, -0.05) is 0 Å². The SMILES string of the molecule is C=[N+](C)C(C)(C)C(C)(C)O. The van der Waals surface area contributed by atoms with Gasteiger partial charge in [0.05, 0.1) is 0 Å². The molecule has 0 heterocycles. The number of nitrogens with zero attached hydrogens (tertiary/aromatic N) is 1. The van der Waals surface area contributed by atoms with Crippen molar-refractivity contribution in [3.8, 4) is 0 Å². The highest BCUT2D eigenvalue weighted by atomic mass is 16.3. The van der Waals surface area contributed by atoms with E-state index in [0.717, 1.165) is 0 Å². The molecule has 0 aliphatic rings. The molecule has 0 atom stereocenters. The van der Waals surface area contributed by atoms with Crippen molar-refractivity contribution < 1.29 is 9.68 Å². The van der Waals surface area contributed by atoms with Crippen molar-refractivity contribution in [1.82, 2.24) is 0 Å². The Morgan fingerprint density at radius 2 is 1.50 bits per heavy atom. The van der Waals surface area contributed by atoms with Crippen molar-refractivity contribution >= 4 is 6.72 Å². The molecular weight excluding hydrogens is 126 g/mol. The summed E-state index contributed by atoms with van der Waals surface area (Å²) >= 11 is 0. The number of hydrogen-bond donors (Lipinski definition) is 1. The van der Waals surface area contributed by atoms with Crippen LogP contribution in [0, 0.1) is 0 Å². The maximum absolute atomic E-state index is 9.63. The van der Waals surface area contributed by atoms with Crippen molar-refractivity contribution in [3.63, 3.8) is 0 Å². The minimum absolute atomic E-state index is 0.285. The molecular formula is C8H18NO+. The van der Waals surface area contributed by atoms with E-state index in [1.807, 2.05) is 20.9 Å². The highest BCUT2D eigenvalue weighted by Gasteiger charge is 2.42. The van der Waals surface area contributed by atoms with E-state index in [1.165, 1.54) is 0 Å². The summed E-state index contributed by atoms with van der Waals surface area (Å²) in [5.74, 6) is 0. The van der Waals surface area contributed by atoms with Gasteiger partial charge in [0.25, 0.3) is 0 Å². The van der Waals surface area contributed by atoms with E-state index in [2.05, 4.69) is 6.72 Å². The monoisotopic (exact) mass is 144 g/mol. The third-order valence-electron chi connectivity index (χ3n) is 2.45. The second kappa shape index (κ2) is 2.35. The fraction of sp³-hybridized carbons (Fsp3) is 0.875. The molecule has 0 saturated heterocycles. The summed E-state index contributed by atoms with van der Waals surface area (Å²) in [5, 5.41) is 9.63. The Balaban J connectivity index is 4.57. The first kappa shape index (κ1) is 9.63. The van der Waals surface area contributed by atoms with Crippen LogP contribution >= 0.6 is 0 Å². The van der Waals surface area contributed by atoms with Crippen molar-refractivity contribution in [2.75, 3.05) is 7.05 Å². The van der Waals surface area contributed by atoms with Crippen LogP contribution in [-0.2, 0) is 0 Å². The van der Waals surface area contributed by atoms with Crippen LogP contribution in [0.5, 0.6) is 0 Å². The third kappa shape index (κ3) is 1.57. The Labute approximate surface area is 63.2 Å². The highest BCUT2D eigenvalue weighted by Crippen LogP contribution is 2.22. The maximum atomic E-state index is 9.63. The second-order valence-electron chi connectivity index (χ2n) is 3.82. The van der Waals surface area contributed by atoms with Gasteiger partial charge in [0.15, 0.2) is 5.54 Å². The average Bonchev–Trinajstić information content (AvgIpc) is 1.62. The molecule has 0 amide bonds. The molecule has 0 aliphatic carbocycles. The normalized spacial score (nSPS) is 13.4. The van der Waals surface area contributed by atoms with Gasteiger partial charge < -0.3 is 5.11 Å². The molecule has 1 N–H and O–H groups in total. The van der Waals surface area contributed by atoms with E-state index in [1.54, 1.807) is 18.4 Å². The molecule has 0 aromatic rings. The van der Waals surface area contributed by atoms with Crippen LogP contribution in [0.3, 0.4) is 0 Å². The van der Waals surface area contributed by atoms with Gasteiger partial charge in [0.2, 0.25) is 0 Å². The topological polar surface area (TPSA) is 23.2 Å². The molecule has 10 heavy (non-hydrogen) atoms. The summed E-state index contributed by atoms with van der Waals surface area (Å²) in [6.07, 6.45) is 0. The lowest BCUT2D eigenvalue weighted by molar-refractivity contribution is -0.589. The average molecular weight is 144 g/mol. The van der Waals surface area contributed by atoms with Crippen LogP contribution in [0.4, 0.5) is 0 Å². The Morgan fingerprint density at radius 3 is 1.50 bits per heavy atom. The Bertz CT molecular complexity index is 142. The van der Waals surface area contributed by atoms with Crippen LogP contribution in [0.2, 0.25) is 0 Å². The largest absolute Gasteiger partial charge is 0.383 e. The molecule has 0 bridgehead atoms. The first-order chi connectivity index (χ1) is 4.19. The predicted octanol–water partition coefficient (Wildman–Crippen LogP) is 0.879. The van der Waals surface area contributed by atoms with Gasteiger partial charge in [0, 0.05) is 13.8 Å². The summed E-state index contributed by atoms with van der Waals surface area (Å²) in [6.45, 7) is 11.2. The zero-order chi connectivity index (χ0) is 8.58. The number of hydrogen-bond acceptors (Lipinski definition) is 1. The van der Waals surface area contributed by atoms with E-state index in [9.17, 15) is 5.11 Å². The summed E-state index contributed by atoms with van der Waals surface area (Å²) in [7, 11) is 1.86. The van der Waals surface area contributed by atoms with Gasteiger partial charge >= 0.3 is 0 Å². The third-order valence-corrected chi connectivity index (χ3v) is 2.45. The lowest BCUT2D eigenvalue weighted by atomic mass is 9.86. The summed E-state index contributed by atoms with van der Waals surface area (Å²) in [4.78, 5) is 0. The van der Waals surface area contributed by atoms with Gasteiger partial charge in [-0.25, -0.2) is 4.58 Å². The summed E-state index contributed by atoms with van der Waals surface area (Å²) in [6, 6.07) is 0. The first-order valence-corrected chi connectivity index (χ1v) is 3.46. The van der Waals surface area contributed by atoms with E-state index >= 15 is 0 Å². The minimum atomic E-state index is -0.719. The fourth-order valence-corrected chi connectivity index (χ4v) is 0.467. The van der Waals surface area contributed by atoms with Crippen molar-refractivity contribution in [2.45, 2.75) is 38.8 Å². The van der Waals surface area contributed by atoms with Gasteiger partial charge in [0.1, 0.15) is 19.4 Å². The summed E-state index contributed by atoms with van der Waals surface area (Å²) in [5.41, 5.74) is -1.00. The van der Waals surface area contributed by atoms with E-state index in [4.69, 9.17) is 0 Å². The van der Waals surface area contributed by atoms with Crippen LogP contribution in [0.1, 0.15) is 27.7 Å². The van der Waals surface area contributed by atoms with E-state index in [-0.39, 0.29) is 5.54 Å². The standard InChI is InChI=1S/C8H18NO/c1-7(2,9(5)6)8(3,4)10/h10H,5H2,1-4,6H3/q+1. The molecule has 0 aliphatic heterocycles. The quantitative estimate of drug-likeness (QED) is 0.451. The smallest absolute Gasteiger partial charge is 0.183 e. The molecule has 0 spiro atoms. The Hall–Kier alpha value is -0.370. The van der Waals surface area contributed by atoms with Gasteiger partial charge in [-0.2, -0.15) is 0 Å². The predicted molar refractivity (Wildman–Crippen MR) is 43.7 cm³/mol. The van der Waals surface area contributed by atoms with E-state index < -0.39 is 5.60 Å². The van der Waals surface area contributed by atoms with Crippen LogP contribution in [-0.4, -0.2) is 34.6 Å². The molecule has 0 rings (SSSR count). The van der Waals surface area contributed by atoms with Gasteiger partial charge in [-0.15, -0.1) is 0 Å². The summed E-state index contributed by atoms with van der Waals surface area (Å²) < 4.78 is 1.77. The van der Waals surface area contributed by atoms with Gasteiger partial charge in [-0.05, 0) is 13.8 Å². The van der Waals surface area contributed by atoms with Crippen molar-refractivity contribution in [3.05, 3.63) is 0 Å². The second-order valence-corrected chi connectivity index (χ2v) is 3.82. The minimum Gasteiger partial charge on any atom is -0.383 e. The molecule has 0 aromatic heterocycles. The number of rotatable bonds is 2. The molecule has 2 nitrogen and oxygen atoms in total. The molecule has 0 radical (unpaired) electrons. The zero-order valence-electron chi connectivity index (χ0n) is 7.60. The maximum Gasteiger partial charge on any atom is 0.183 e. The number of likely N-dealkylation sites (N-methyl/N-ethyl adjacent to an activating group) is 1. The van der Waals surface area contributed by atoms with Crippen molar-refractivity contribution in [1.29, 1.82) is 0 Å². The molecule has 2 heteroatoms. The first-order valence-electron chi connectivity index (χ1n) is 3.46. The van der Waals surface area contributed by atoms with E-state index in [0.29, 0.717) is 0 Å². The molecule has 0 aromatic carbocycles. The van der Waals surface area contributed by atoms with Crippen molar-refractivity contribution in [2.24, 2.45) is 0 Å². The zero-order valence-corrected chi connectivity index (χ0v) is 7.60. The van der Waals surface area contributed by atoms with Crippen LogP contribution < -0.4 is 0 Å². The lowest BCUT2D eigenvalue weighted by Gasteiger charge is -2.32. The lowest BCUT2D eigenvalue weighted by Crippen LogP contribution is -2.51.